The van der Waals surface area contributed by atoms with E-state index in [0.29, 0.717) is 5.56 Å². The van der Waals surface area contributed by atoms with Gasteiger partial charge < -0.3 is 10.2 Å². The molecular formula is C25H27F2N3O3S. The molecular weight excluding hydrogens is 460 g/mol. The molecule has 1 amide bonds. The molecule has 0 saturated heterocycles. The average molecular weight is 488 g/mol. The van der Waals surface area contributed by atoms with E-state index in [2.05, 4.69) is 10.0 Å². The van der Waals surface area contributed by atoms with Crippen LogP contribution in [0.1, 0.15) is 17.2 Å². The van der Waals surface area contributed by atoms with Crippen LogP contribution in [-0.4, -0.2) is 45.9 Å². The summed E-state index contributed by atoms with van der Waals surface area (Å²) < 4.78 is 56.0. The number of hydrogen-bond acceptors (Lipinski definition) is 4. The van der Waals surface area contributed by atoms with Crippen molar-refractivity contribution in [2.45, 2.75) is 23.4 Å². The topological polar surface area (TPSA) is 78.5 Å². The number of halogens is 2. The minimum absolute atomic E-state index is 0.0625. The predicted molar refractivity (Wildman–Crippen MR) is 126 cm³/mol. The Balaban J connectivity index is 1.82. The lowest BCUT2D eigenvalue weighted by atomic mass is 10.0. The standard InChI is InChI=1S/C25H27F2N3O3S/c1-30(2)23(19-11-8-12-20(26)16-19)17-28-25(31)22(15-18-9-4-3-5-10-18)29-34(32,33)24-14-7-6-13-21(24)27/h3-14,16,22-23,29H,15,17H2,1-2H3,(H,28,31)/t22-,23?/m0/s1. The monoisotopic (exact) mass is 487 g/mol. The molecule has 1 unspecified atom stereocenters. The van der Waals surface area contributed by atoms with Crippen LogP contribution in [0.4, 0.5) is 8.78 Å². The molecule has 0 heterocycles. The molecule has 0 aromatic heterocycles. The minimum Gasteiger partial charge on any atom is -0.353 e. The third kappa shape index (κ3) is 6.69. The number of hydrogen-bond donors (Lipinski definition) is 2. The van der Waals surface area contributed by atoms with Crippen molar-refractivity contribution >= 4 is 15.9 Å². The van der Waals surface area contributed by atoms with Gasteiger partial charge in [0.15, 0.2) is 0 Å². The lowest BCUT2D eigenvalue weighted by Gasteiger charge is -2.26. The Bertz CT molecular complexity index is 1220. The zero-order chi connectivity index (χ0) is 24.7. The maximum absolute atomic E-state index is 14.2. The molecule has 2 atom stereocenters. The largest absolute Gasteiger partial charge is 0.353 e. The van der Waals surface area contributed by atoms with Gasteiger partial charge in [0.05, 0.1) is 6.04 Å². The molecule has 0 aliphatic heterocycles. The van der Waals surface area contributed by atoms with Crippen molar-refractivity contribution in [3.63, 3.8) is 0 Å². The van der Waals surface area contributed by atoms with Crippen LogP contribution in [0, 0.1) is 11.6 Å². The molecule has 9 heteroatoms. The van der Waals surface area contributed by atoms with Gasteiger partial charge in [-0.3, -0.25) is 4.79 Å². The average Bonchev–Trinajstić information content (AvgIpc) is 2.79. The molecule has 3 aromatic rings. The molecule has 2 N–H and O–H groups in total. The van der Waals surface area contributed by atoms with E-state index in [1.54, 1.807) is 50.5 Å². The van der Waals surface area contributed by atoms with E-state index in [1.165, 1.54) is 24.3 Å². The SMILES string of the molecule is CN(C)C(CNC(=O)[C@H](Cc1ccccc1)NS(=O)(=O)c1ccccc1F)c1cccc(F)c1. The molecule has 34 heavy (non-hydrogen) atoms. The van der Waals surface area contributed by atoms with Gasteiger partial charge in [-0.2, -0.15) is 4.72 Å². The van der Waals surface area contributed by atoms with E-state index < -0.39 is 38.5 Å². The lowest BCUT2D eigenvalue weighted by molar-refractivity contribution is -0.122. The Kier molecular flexibility index (Phi) is 8.49. The van der Waals surface area contributed by atoms with Crippen molar-refractivity contribution in [3.05, 3.63) is 102 Å². The van der Waals surface area contributed by atoms with Crippen molar-refractivity contribution in [1.82, 2.24) is 14.9 Å². The minimum atomic E-state index is -4.31. The number of nitrogens with zero attached hydrogens (tertiary/aromatic N) is 1. The maximum atomic E-state index is 14.2. The highest BCUT2D eigenvalue weighted by atomic mass is 32.2. The summed E-state index contributed by atoms with van der Waals surface area (Å²) in [5, 5.41) is 2.77. The molecule has 0 saturated carbocycles. The fourth-order valence-electron chi connectivity index (χ4n) is 3.58. The summed E-state index contributed by atoms with van der Waals surface area (Å²) in [7, 11) is -0.722. The van der Waals surface area contributed by atoms with Crippen LogP contribution in [-0.2, 0) is 21.2 Å². The Labute approximate surface area is 198 Å². The molecule has 0 aliphatic rings. The number of carbonyl (C=O) groups excluding carboxylic acids is 1. The van der Waals surface area contributed by atoms with Gasteiger partial charge in [0, 0.05) is 6.54 Å². The summed E-state index contributed by atoms with van der Waals surface area (Å²) in [5.74, 6) is -1.88. The molecule has 0 spiro atoms. The van der Waals surface area contributed by atoms with Crippen LogP contribution >= 0.6 is 0 Å². The second-order valence-corrected chi connectivity index (χ2v) is 9.76. The fraction of sp³-hybridized carbons (Fsp3) is 0.240. The van der Waals surface area contributed by atoms with E-state index in [0.717, 1.165) is 17.7 Å². The summed E-state index contributed by atoms with van der Waals surface area (Å²) in [6.07, 6.45) is 0.0625. The van der Waals surface area contributed by atoms with Gasteiger partial charge in [0.25, 0.3) is 0 Å². The second-order valence-electron chi connectivity index (χ2n) is 8.07. The molecule has 3 rings (SSSR count). The number of carbonyl (C=O) groups is 1. The van der Waals surface area contributed by atoms with E-state index in [-0.39, 0.29) is 19.0 Å². The highest BCUT2D eigenvalue weighted by Crippen LogP contribution is 2.19. The van der Waals surface area contributed by atoms with Crippen LogP contribution in [0.2, 0.25) is 0 Å². The first-order chi connectivity index (χ1) is 16.2. The van der Waals surface area contributed by atoms with Crippen LogP contribution in [0.25, 0.3) is 0 Å². The van der Waals surface area contributed by atoms with Gasteiger partial charge >= 0.3 is 0 Å². The normalized spacial score (nSPS) is 13.4. The third-order valence-electron chi connectivity index (χ3n) is 5.35. The van der Waals surface area contributed by atoms with Crippen molar-refractivity contribution in [2.75, 3.05) is 20.6 Å². The van der Waals surface area contributed by atoms with E-state index >= 15 is 0 Å². The van der Waals surface area contributed by atoms with E-state index in [9.17, 15) is 22.0 Å². The molecule has 0 bridgehead atoms. The fourth-order valence-corrected chi connectivity index (χ4v) is 4.86. The van der Waals surface area contributed by atoms with Crippen molar-refractivity contribution in [2.24, 2.45) is 0 Å². The van der Waals surface area contributed by atoms with Gasteiger partial charge in [0.2, 0.25) is 15.9 Å². The van der Waals surface area contributed by atoms with Gasteiger partial charge in [-0.25, -0.2) is 17.2 Å². The molecule has 0 fully saturated rings. The molecule has 180 valence electrons. The number of amides is 1. The summed E-state index contributed by atoms with van der Waals surface area (Å²) in [6.45, 7) is 0.113. The second kappa shape index (κ2) is 11.3. The number of nitrogens with one attached hydrogen (secondary N) is 2. The Morgan fingerprint density at radius 3 is 2.26 bits per heavy atom. The predicted octanol–water partition coefficient (Wildman–Crippen LogP) is 3.27. The quantitative estimate of drug-likeness (QED) is 0.460. The Morgan fingerprint density at radius 1 is 0.941 bits per heavy atom. The number of sulfonamides is 1. The Hall–Kier alpha value is -3.14. The molecule has 3 aromatic carbocycles. The first-order valence-corrected chi connectivity index (χ1v) is 12.2. The first kappa shape index (κ1) is 25.5. The first-order valence-electron chi connectivity index (χ1n) is 10.7. The van der Waals surface area contributed by atoms with Crippen molar-refractivity contribution in [3.8, 4) is 0 Å². The number of likely N-dealkylation sites (N-methyl/N-ethyl adjacent to an activating group) is 1. The van der Waals surface area contributed by atoms with Crippen LogP contribution in [0.5, 0.6) is 0 Å². The highest BCUT2D eigenvalue weighted by molar-refractivity contribution is 7.89. The third-order valence-corrected chi connectivity index (χ3v) is 6.85. The summed E-state index contributed by atoms with van der Waals surface area (Å²) in [5.41, 5.74) is 1.39. The lowest BCUT2D eigenvalue weighted by Crippen LogP contribution is -2.49. The van der Waals surface area contributed by atoms with Crippen molar-refractivity contribution in [1.29, 1.82) is 0 Å². The van der Waals surface area contributed by atoms with Gasteiger partial charge in [0.1, 0.15) is 22.6 Å². The molecule has 0 radical (unpaired) electrons. The zero-order valence-corrected chi connectivity index (χ0v) is 19.7. The molecule has 6 nitrogen and oxygen atoms in total. The van der Waals surface area contributed by atoms with Crippen LogP contribution in [0.15, 0.2) is 83.8 Å². The Morgan fingerprint density at radius 2 is 1.62 bits per heavy atom. The number of benzene rings is 3. The summed E-state index contributed by atoms with van der Waals surface area (Å²) in [4.78, 5) is 14.4. The highest BCUT2D eigenvalue weighted by Gasteiger charge is 2.28. The van der Waals surface area contributed by atoms with E-state index in [4.69, 9.17) is 0 Å². The zero-order valence-electron chi connectivity index (χ0n) is 18.9. The van der Waals surface area contributed by atoms with E-state index in [1.807, 2.05) is 11.0 Å². The van der Waals surface area contributed by atoms with Crippen LogP contribution in [0.3, 0.4) is 0 Å². The summed E-state index contributed by atoms with van der Waals surface area (Å²) in [6, 6.07) is 18.4. The number of rotatable bonds is 10. The van der Waals surface area contributed by atoms with Gasteiger partial charge in [-0.15, -0.1) is 0 Å². The smallest absolute Gasteiger partial charge is 0.244 e. The van der Waals surface area contributed by atoms with Crippen LogP contribution < -0.4 is 10.0 Å². The van der Waals surface area contributed by atoms with Crippen molar-refractivity contribution < 1.29 is 22.0 Å². The van der Waals surface area contributed by atoms with Gasteiger partial charge in [-0.05, 0) is 55.9 Å². The maximum Gasteiger partial charge on any atom is 0.244 e. The molecule has 0 aliphatic carbocycles. The summed E-state index contributed by atoms with van der Waals surface area (Å²) >= 11 is 0. The van der Waals surface area contributed by atoms with Gasteiger partial charge in [-0.1, -0.05) is 54.6 Å².